The summed E-state index contributed by atoms with van der Waals surface area (Å²) in [6.45, 7) is -2.21. The molecule has 4 aromatic heterocycles. The number of hydrogen-bond acceptors (Lipinski definition) is 20. The van der Waals surface area contributed by atoms with Crippen LogP contribution in [0.2, 0.25) is 0 Å². The highest BCUT2D eigenvalue weighted by Gasteiger charge is 2.45. The van der Waals surface area contributed by atoms with Crippen LogP contribution in [0.5, 0.6) is 0 Å². The summed E-state index contributed by atoms with van der Waals surface area (Å²) < 4.78 is 42.8. The predicted molar refractivity (Wildman–Crippen MR) is 201 cm³/mol. The number of rotatable bonds is 18. The highest BCUT2D eigenvalue weighted by Crippen LogP contribution is 2.44. The number of carbonyl (C=O) groups excluding carboxylic acids is 2. The zero-order valence-corrected chi connectivity index (χ0v) is 31.7. The molecule has 0 aliphatic carbocycles. The zero-order chi connectivity index (χ0) is 43.3. The van der Waals surface area contributed by atoms with Gasteiger partial charge in [0.25, 0.3) is 11.5 Å². The molecule has 28 heteroatoms. The number of aliphatic hydroxyl groups is 3. The fraction of sp³-hybridized carbons (Fsp3) is 0.375. The van der Waals surface area contributed by atoms with Crippen molar-refractivity contribution in [3.8, 4) is 0 Å². The number of imidazole rings is 1. The molecule has 1 aliphatic heterocycles. The number of carbonyl (C=O) groups is 3. The van der Waals surface area contributed by atoms with Crippen LogP contribution < -0.4 is 33.0 Å². The molecule has 0 spiro atoms. The Morgan fingerprint density at radius 2 is 1.78 bits per heavy atom. The molecule has 26 nitrogen and oxygen atoms in total. The SMILES string of the molecule is Nc1nc2ncc(CNc3ccc(C(=O)NC(CCC(=O)NC(CO)COP(=O)(O)OC[C@H]4O[C@@H](n5cnc6c(N)nc(F)nc65)[C@@H](O)C4O)C(=O)O)cc3)nc2c(=O)[nH]1. The van der Waals surface area contributed by atoms with Crippen LogP contribution in [0.25, 0.3) is 22.3 Å². The molecule has 1 saturated heterocycles. The van der Waals surface area contributed by atoms with Crippen molar-refractivity contribution in [3.63, 3.8) is 0 Å². The molecule has 1 fully saturated rings. The summed E-state index contributed by atoms with van der Waals surface area (Å²) >= 11 is 0. The molecule has 2 amide bonds. The van der Waals surface area contributed by atoms with Crippen LogP contribution >= 0.6 is 7.82 Å². The average molecular weight is 862 g/mol. The molecule has 320 valence electrons. The molecule has 1 aromatic carbocycles. The Balaban J connectivity index is 0.934. The number of aliphatic carboxylic acids is 1. The molecule has 13 N–H and O–H groups in total. The van der Waals surface area contributed by atoms with Crippen LogP contribution in [-0.4, -0.2) is 133 Å². The van der Waals surface area contributed by atoms with E-state index in [9.17, 15) is 53.5 Å². The predicted octanol–water partition coefficient (Wildman–Crippen LogP) is -2.34. The summed E-state index contributed by atoms with van der Waals surface area (Å²) in [5, 5.41) is 48.2. The van der Waals surface area contributed by atoms with Crippen molar-refractivity contribution < 1.29 is 62.4 Å². The van der Waals surface area contributed by atoms with Crippen molar-refractivity contribution in [2.45, 2.75) is 56.0 Å². The average Bonchev–Trinajstić information content (AvgIpc) is 3.75. The summed E-state index contributed by atoms with van der Waals surface area (Å²) in [5.41, 5.74) is 11.6. The second-order valence-corrected chi connectivity index (χ2v) is 14.5. The second kappa shape index (κ2) is 18.3. The number of aliphatic hydroxyl groups excluding tert-OH is 3. The Hall–Kier alpha value is -6.32. The highest BCUT2D eigenvalue weighted by atomic mass is 31.2. The molecule has 6 rings (SSSR count). The van der Waals surface area contributed by atoms with Gasteiger partial charge in [-0.25, -0.2) is 24.3 Å². The van der Waals surface area contributed by atoms with Crippen LogP contribution in [0.3, 0.4) is 0 Å². The van der Waals surface area contributed by atoms with E-state index in [1.165, 1.54) is 18.3 Å². The summed E-state index contributed by atoms with van der Waals surface area (Å²) in [7, 11) is -4.95. The summed E-state index contributed by atoms with van der Waals surface area (Å²) in [5.74, 6) is -3.39. The van der Waals surface area contributed by atoms with Gasteiger partial charge in [-0.1, -0.05) is 0 Å². The van der Waals surface area contributed by atoms with E-state index in [0.717, 1.165) is 10.9 Å². The van der Waals surface area contributed by atoms with Gasteiger partial charge < -0.3 is 57.5 Å². The number of H-pyrrole nitrogens is 1. The maximum Gasteiger partial charge on any atom is 0.472 e. The minimum Gasteiger partial charge on any atom is -0.480 e. The van der Waals surface area contributed by atoms with Crippen molar-refractivity contribution in [2.75, 3.05) is 36.6 Å². The lowest BCUT2D eigenvalue weighted by molar-refractivity contribution is -0.139. The van der Waals surface area contributed by atoms with Gasteiger partial charge in [-0.05, 0) is 30.7 Å². The van der Waals surface area contributed by atoms with Gasteiger partial charge in [0.15, 0.2) is 34.4 Å². The van der Waals surface area contributed by atoms with Crippen LogP contribution in [0.4, 0.5) is 21.8 Å². The smallest absolute Gasteiger partial charge is 0.472 e. The number of nitrogens with one attached hydrogen (secondary N) is 4. The van der Waals surface area contributed by atoms with Gasteiger partial charge in [0.2, 0.25) is 11.9 Å². The standard InChI is InChI=1S/C32H37FN13O13P/c33-31-42-24(34)20-26(44-31)46(12-38-20)29-23(50)22(49)18(59-29)11-58-60(55,56)57-10-16(9-47)39-19(48)6-5-17(30(53)54)41-27(51)13-1-3-14(4-2-13)36-7-15-8-37-25-21(40-15)28(52)45-32(35)43-25/h1-4,8,12,16-18,22-23,29,36,47,49-50H,5-7,9-11H2,(H,39,48)(H,41,51)(H,53,54)(H,55,56)(H2,34,42,44)(H3,35,37,43,45,52)/t16?,17?,18-,22?,23+,29-/m1/s1. The third-order valence-corrected chi connectivity index (χ3v) is 9.78. The molecule has 60 heavy (non-hydrogen) atoms. The van der Waals surface area contributed by atoms with Crippen molar-refractivity contribution in [2.24, 2.45) is 0 Å². The van der Waals surface area contributed by atoms with E-state index < -0.39 is 100 Å². The van der Waals surface area contributed by atoms with E-state index >= 15 is 0 Å². The molecule has 1 aliphatic rings. The van der Waals surface area contributed by atoms with Crippen LogP contribution in [0.15, 0.2) is 41.6 Å². The summed E-state index contributed by atoms with van der Waals surface area (Å²) in [6.07, 6.45) is -5.67. The highest BCUT2D eigenvalue weighted by molar-refractivity contribution is 7.47. The van der Waals surface area contributed by atoms with Gasteiger partial charge in [-0.15, -0.1) is 0 Å². The third-order valence-electron chi connectivity index (χ3n) is 8.83. The van der Waals surface area contributed by atoms with E-state index in [1.807, 2.05) is 0 Å². The number of aromatic amines is 1. The number of nitrogens with two attached hydrogens (primary N) is 2. The topological polar surface area (TPSA) is 400 Å². The van der Waals surface area contributed by atoms with E-state index in [-0.39, 0.29) is 52.6 Å². The number of carboxylic acids is 1. The Morgan fingerprint density at radius 1 is 1.03 bits per heavy atom. The van der Waals surface area contributed by atoms with Crippen molar-refractivity contribution in [1.82, 2.24) is 50.1 Å². The first-order chi connectivity index (χ1) is 28.5. The molecule has 5 heterocycles. The molecular weight excluding hydrogens is 824 g/mol. The summed E-state index contributed by atoms with van der Waals surface area (Å²) in [6, 6.07) is 3.14. The fourth-order valence-electron chi connectivity index (χ4n) is 5.79. The van der Waals surface area contributed by atoms with Crippen molar-refractivity contribution in [3.05, 3.63) is 64.5 Å². The van der Waals surface area contributed by atoms with Gasteiger partial charge in [0.1, 0.15) is 24.4 Å². The Bertz CT molecular complexity index is 2490. The largest absolute Gasteiger partial charge is 0.480 e. The van der Waals surface area contributed by atoms with Crippen LogP contribution in [-0.2, 0) is 34.5 Å². The number of fused-ring (bicyclic) bond motifs is 2. The van der Waals surface area contributed by atoms with Crippen molar-refractivity contribution >= 4 is 65.4 Å². The first-order valence-electron chi connectivity index (χ1n) is 17.6. The first kappa shape index (κ1) is 43.3. The number of hydrogen-bond donors (Lipinski definition) is 11. The third kappa shape index (κ3) is 10.3. The van der Waals surface area contributed by atoms with Gasteiger partial charge in [0.05, 0.1) is 50.6 Å². The fourth-order valence-corrected chi connectivity index (χ4v) is 6.56. The molecular formula is C32H37FN13O13P. The number of aromatic nitrogens is 8. The number of anilines is 3. The maximum atomic E-state index is 13.8. The Morgan fingerprint density at radius 3 is 2.50 bits per heavy atom. The molecule has 0 radical (unpaired) electrons. The zero-order valence-electron chi connectivity index (χ0n) is 30.8. The van der Waals surface area contributed by atoms with E-state index in [4.69, 9.17) is 25.3 Å². The Labute approximate surface area is 334 Å². The lowest BCUT2D eigenvalue weighted by atomic mass is 10.1. The maximum absolute atomic E-state index is 13.8. The van der Waals surface area contributed by atoms with E-state index in [1.54, 1.807) is 12.1 Å². The first-order valence-corrected chi connectivity index (χ1v) is 19.1. The summed E-state index contributed by atoms with van der Waals surface area (Å²) in [4.78, 5) is 85.2. The number of nitrogen functional groups attached to an aromatic ring is 2. The lowest BCUT2D eigenvalue weighted by Gasteiger charge is -2.21. The van der Waals surface area contributed by atoms with Gasteiger partial charge >= 0.3 is 19.9 Å². The second-order valence-electron chi connectivity index (χ2n) is 13.1. The van der Waals surface area contributed by atoms with Crippen LogP contribution in [0, 0.1) is 6.08 Å². The van der Waals surface area contributed by atoms with Gasteiger partial charge in [-0.2, -0.15) is 19.3 Å². The number of halogens is 1. The van der Waals surface area contributed by atoms with E-state index in [0.29, 0.717) is 11.4 Å². The number of carboxylic acid groups (broad SMARTS) is 1. The Kier molecular flexibility index (Phi) is 13.2. The van der Waals surface area contributed by atoms with Crippen molar-refractivity contribution in [1.29, 1.82) is 0 Å². The number of phosphoric ester groups is 1. The monoisotopic (exact) mass is 861 g/mol. The molecule has 5 aromatic rings. The number of ether oxygens (including phenoxy) is 1. The van der Waals surface area contributed by atoms with Crippen LogP contribution in [0.1, 0.15) is 35.1 Å². The van der Waals surface area contributed by atoms with Gasteiger partial charge in [-0.3, -0.25) is 33.0 Å². The lowest BCUT2D eigenvalue weighted by Crippen LogP contribution is -2.44. The van der Waals surface area contributed by atoms with Gasteiger partial charge in [0, 0.05) is 17.7 Å². The minimum atomic E-state index is -4.95. The number of phosphoric acid groups is 1. The molecule has 7 atom stereocenters. The number of amides is 2. The minimum absolute atomic E-state index is 0.00233. The number of nitrogens with zero attached hydrogens (tertiary/aromatic N) is 7. The number of benzene rings is 1. The normalized spacial score (nSPS) is 19.8. The molecule has 0 saturated carbocycles. The van der Waals surface area contributed by atoms with E-state index in [2.05, 4.69) is 50.8 Å². The molecule has 0 bridgehead atoms. The quantitative estimate of drug-likeness (QED) is 0.0325. The molecule has 4 unspecified atom stereocenters.